The maximum Gasteiger partial charge on any atom is 0.251 e. The number of hydrogen-bond donors (Lipinski definition) is 2. The van der Waals surface area contributed by atoms with Gasteiger partial charge in [0.15, 0.2) is 0 Å². The van der Waals surface area contributed by atoms with E-state index in [2.05, 4.69) is 22.8 Å². The quantitative estimate of drug-likeness (QED) is 0.784. The molecular weight excluding hydrogens is 300 g/mol. The van der Waals surface area contributed by atoms with Gasteiger partial charge in [-0.15, -0.1) is 0 Å². The zero-order chi connectivity index (χ0) is 17.2. The van der Waals surface area contributed by atoms with E-state index in [0.717, 1.165) is 12.8 Å². The minimum Gasteiger partial charge on any atom is -0.354 e. The van der Waals surface area contributed by atoms with Crippen molar-refractivity contribution >= 4 is 11.8 Å². The molecule has 2 N–H and O–H groups in total. The Balaban J connectivity index is 1.63. The number of carbonyl (C=O) groups excluding carboxylic acids is 2. The van der Waals surface area contributed by atoms with Gasteiger partial charge < -0.3 is 10.6 Å². The number of rotatable bonds is 8. The first-order valence-electron chi connectivity index (χ1n) is 8.31. The van der Waals surface area contributed by atoms with Gasteiger partial charge in [-0.25, -0.2) is 0 Å². The van der Waals surface area contributed by atoms with E-state index in [1.165, 1.54) is 5.56 Å². The predicted molar refractivity (Wildman–Crippen MR) is 95.8 cm³/mol. The fourth-order valence-corrected chi connectivity index (χ4v) is 2.43. The van der Waals surface area contributed by atoms with Crippen LogP contribution in [0.1, 0.15) is 35.7 Å². The van der Waals surface area contributed by atoms with E-state index >= 15 is 0 Å². The van der Waals surface area contributed by atoms with Gasteiger partial charge in [0.05, 0.1) is 0 Å². The summed E-state index contributed by atoms with van der Waals surface area (Å²) >= 11 is 0. The van der Waals surface area contributed by atoms with E-state index in [1.54, 1.807) is 12.1 Å². The van der Waals surface area contributed by atoms with Crippen LogP contribution in [0.4, 0.5) is 0 Å². The summed E-state index contributed by atoms with van der Waals surface area (Å²) in [6.45, 7) is 2.34. The molecule has 0 aliphatic heterocycles. The third-order valence-electron chi connectivity index (χ3n) is 3.79. The maximum atomic E-state index is 11.9. The minimum absolute atomic E-state index is 0.0380. The van der Waals surface area contributed by atoms with Crippen LogP contribution < -0.4 is 10.6 Å². The van der Waals surface area contributed by atoms with Gasteiger partial charge in [-0.05, 0) is 37.5 Å². The third-order valence-corrected chi connectivity index (χ3v) is 3.79. The number of carbonyl (C=O) groups is 2. The molecule has 1 unspecified atom stereocenters. The molecule has 2 amide bonds. The van der Waals surface area contributed by atoms with Gasteiger partial charge in [0.1, 0.15) is 0 Å². The van der Waals surface area contributed by atoms with Crippen molar-refractivity contribution in [2.24, 2.45) is 0 Å². The van der Waals surface area contributed by atoms with E-state index in [-0.39, 0.29) is 24.3 Å². The molecule has 0 spiro atoms. The highest BCUT2D eigenvalue weighted by Gasteiger charge is 2.09. The Morgan fingerprint density at radius 3 is 2.25 bits per heavy atom. The molecule has 2 aromatic rings. The van der Waals surface area contributed by atoms with E-state index in [0.29, 0.717) is 12.1 Å². The molecule has 0 saturated heterocycles. The van der Waals surface area contributed by atoms with Crippen molar-refractivity contribution in [1.29, 1.82) is 0 Å². The second-order valence-electron chi connectivity index (χ2n) is 5.86. The Morgan fingerprint density at radius 1 is 0.958 bits per heavy atom. The first kappa shape index (κ1) is 17.7. The van der Waals surface area contributed by atoms with Crippen LogP contribution in [-0.4, -0.2) is 24.4 Å². The highest BCUT2D eigenvalue weighted by atomic mass is 16.2. The van der Waals surface area contributed by atoms with Gasteiger partial charge >= 0.3 is 0 Å². The van der Waals surface area contributed by atoms with Crippen molar-refractivity contribution in [2.75, 3.05) is 6.54 Å². The van der Waals surface area contributed by atoms with Crippen LogP contribution in [0.15, 0.2) is 60.7 Å². The molecular formula is C20H24N2O2. The van der Waals surface area contributed by atoms with E-state index < -0.39 is 0 Å². The molecule has 0 saturated carbocycles. The molecule has 4 nitrogen and oxygen atoms in total. The van der Waals surface area contributed by atoms with Crippen molar-refractivity contribution < 1.29 is 9.59 Å². The fraction of sp³-hybridized carbons (Fsp3) is 0.300. The van der Waals surface area contributed by atoms with Gasteiger partial charge in [-0.2, -0.15) is 0 Å². The second-order valence-corrected chi connectivity index (χ2v) is 5.86. The molecule has 1 atom stereocenters. The van der Waals surface area contributed by atoms with Gasteiger partial charge in [0.2, 0.25) is 5.91 Å². The lowest BCUT2D eigenvalue weighted by Gasteiger charge is -2.14. The Kier molecular flexibility index (Phi) is 7.02. The molecule has 0 aliphatic carbocycles. The summed E-state index contributed by atoms with van der Waals surface area (Å²) in [4.78, 5) is 23.8. The SMILES string of the molecule is CC(CCc1ccccc1)NC(=O)CCNC(=O)c1ccccc1. The molecule has 4 heteroatoms. The van der Waals surface area contributed by atoms with Gasteiger partial charge in [-0.3, -0.25) is 9.59 Å². The molecule has 0 bridgehead atoms. The number of hydrogen-bond acceptors (Lipinski definition) is 2. The highest BCUT2D eigenvalue weighted by molar-refractivity contribution is 5.94. The monoisotopic (exact) mass is 324 g/mol. The van der Waals surface area contributed by atoms with Gasteiger partial charge in [0.25, 0.3) is 5.91 Å². The molecule has 0 fully saturated rings. The number of aryl methyl sites for hydroxylation is 1. The lowest BCUT2D eigenvalue weighted by molar-refractivity contribution is -0.121. The normalized spacial score (nSPS) is 11.5. The molecule has 0 radical (unpaired) electrons. The summed E-state index contributed by atoms with van der Waals surface area (Å²) < 4.78 is 0. The maximum absolute atomic E-state index is 11.9. The Bertz CT molecular complexity index is 641. The molecule has 0 aliphatic rings. The predicted octanol–water partition coefficient (Wildman–Crippen LogP) is 2.94. The topological polar surface area (TPSA) is 58.2 Å². The van der Waals surface area contributed by atoms with Crippen LogP contribution >= 0.6 is 0 Å². The average Bonchev–Trinajstić information content (AvgIpc) is 2.61. The van der Waals surface area contributed by atoms with Crippen LogP contribution in [0.5, 0.6) is 0 Å². The molecule has 2 aromatic carbocycles. The average molecular weight is 324 g/mol. The summed E-state index contributed by atoms with van der Waals surface area (Å²) in [6.07, 6.45) is 2.12. The zero-order valence-electron chi connectivity index (χ0n) is 14.0. The van der Waals surface area contributed by atoms with Crippen LogP contribution in [0, 0.1) is 0 Å². The summed E-state index contributed by atoms with van der Waals surface area (Å²) in [5.74, 6) is -0.190. The number of nitrogens with one attached hydrogen (secondary N) is 2. The van der Waals surface area contributed by atoms with E-state index in [9.17, 15) is 9.59 Å². The summed E-state index contributed by atoms with van der Waals surface area (Å²) in [5, 5.41) is 5.73. The lowest BCUT2D eigenvalue weighted by Crippen LogP contribution is -2.35. The van der Waals surface area contributed by atoms with Gasteiger partial charge in [-0.1, -0.05) is 48.5 Å². The Labute approximate surface area is 143 Å². The van der Waals surface area contributed by atoms with Crippen LogP contribution in [0.2, 0.25) is 0 Å². The van der Waals surface area contributed by atoms with Crippen molar-refractivity contribution in [3.8, 4) is 0 Å². The first-order chi connectivity index (χ1) is 11.6. The fourth-order valence-electron chi connectivity index (χ4n) is 2.43. The summed E-state index contributed by atoms with van der Waals surface area (Å²) in [7, 11) is 0. The summed E-state index contributed by atoms with van der Waals surface area (Å²) in [5.41, 5.74) is 1.88. The number of amides is 2. The molecule has 2 rings (SSSR count). The van der Waals surface area contributed by atoms with E-state index in [1.807, 2.05) is 43.3 Å². The molecule has 24 heavy (non-hydrogen) atoms. The molecule has 0 aromatic heterocycles. The van der Waals surface area contributed by atoms with Gasteiger partial charge in [0, 0.05) is 24.6 Å². The van der Waals surface area contributed by atoms with Crippen molar-refractivity contribution in [1.82, 2.24) is 10.6 Å². The van der Waals surface area contributed by atoms with Crippen LogP contribution in [0.25, 0.3) is 0 Å². The third kappa shape index (κ3) is 6.24. The number of benzene rings is 2. The highest BCUT2D eigenvalue weighted by Crippen LogP contribution is 2.05. The van der Waals surface area contributed by atoms with Crippen molar-refractivity contribution in [3.05, 3.63) is 71.8 Å². The van der Waals surface area contributed by atoms with Crippen LogP contribution in [-0.2, 0) is 11.2 Å². The Morgan fingerprint density at radius 2 is 1.58 bits per heavy atom. The zero-order valence-corrected chi connectivity index (χ0v) is 14.0. The minimum atomic E-state index is -0.152. The van der Waals surface area contributed by atoms with Crippen molar-refractivity contribution in [3.63, 3.8) is 0 Å². The first-order valence-corrected chi connectivity index (χ1v) is 8.31. The second kappa shape index (κ2) is 9.50. The van der Waals surface area contributed by atoms with Crippen molar-refractivity contribution in [2.45, 2.75) is 32.2 Å². The smallest absolute Gasteiger partial charge is 0.251 e. The standard InChI is InChI=1S/C20H24N2O2/c1-16(12-13-17-8-4-2-5-9-17)22-19(23)14-15-21-20(24)18-10-6-3-7-11-18/h2-11,16H,12-15H2,1H3,(H,21,24)(H,22,23). The molecule has 126 valence electrons. The summed E-state index contributed by atoms with van der Waals surface area (Å²) in [6, 6.07) is 19.3. The van der Waals surface area contributed by atoms with E-state index in [4.69, 9.17) is 0 Å². The Hall–Kier alpha value is -2.62. The largest absolute Gasteiger partial charge is 0.354 e. The lowest BCUT2D eigenvalue weighted by atomic mass is 10.1. The van der Waals surface area contributed by atoms with Crippen LogP contribution in [0.3, 0.4) is 0 Å². The molecule has 0 heterocycles.